The number of hydrogen-bond donors (Lipinski definition) is 1. The molecule has 2 aliphatic carbocycles. The second-order valence-electron chi connectivity index (χ2n) is 7.20. The van der Waals surface area contributed by atoms with Gasteiger partial charge in [-0.3, -0.25) is 9.59 Å². The van der Waals surface area contributed by atoms with E-state index in [0.717, 1.165) is 23.7 Å². The first kappa shape index (κ1) is 17.5. The molecule has 26 heavy (non-hydrogen) atoms. The maximum absolute atomic E-state index is 13.2. The predicted molar refractivity (Wildman–Crippen MR) is 104 cm³/mol. The Morgan fingerprint density at radius 1 is 1.04 bits per heavy atom. The highest BCUT2D eigenvalue weighted by atomic mass is 79.9. The quantitative estimate of drug-likeness (QED) is 0.666. The molecule has 1 aromatic heterocycles. The number of anilines is 1. The molecule has 0 bridgehead atoms. The SMILES string of the molecule is O=C1CCCc2oc(NC3CCCCC3)c(C(=O)c3ccc(Br)cc3)c21. The highest BCUT2D eigenvalue weighted by Gasteiger charge is 2.33. The molecule has 0 radical (unpaired) electrons. The van der Waals surface area contributed by atoms with Crippen LogP contribution in [0.25, 0.3) is 0 Å². The van der Waals surface area contributed by atoms with E-state index in [9.17, 15) is 9.59 Å². The summed E-state index contributed by atoms with van der Waals surface area (Å²) in [5.74, 6) is 1.04. The van der Waals surface area contributed by atoms with Gasteiger partial charge in [0.2, 0.25) is 5.88 Å². The number of benzene rings is 1. The molecule has 1 fully saturated rings. The number of fused-ring (bicyclic) bond motifs is 1. The molecule has 0 aliphatic heterocycles. The third kappa shape index (κ3) is 3.37. The second kappa shape index (κ2) is 7.39. The Kier molecular flexibility index (Phi) is 4.98. The fourth-order valence-electron chi connectivity index (χ4n) is 3.98. The number of rotatable bonds is 4. The van der Waals surface area contributed by atoms with Crippen molar-refractivity contribution in [3.63, 3.8) is 0 Å². The zero-order valence-corrected chi connectivity index (χ0v) is 16.2. The molecule has 5 heteroatoms. The van der Waals surface area contributed by atoms with E-state index in [0.29, 0.717) is 47.2 Å². The molecule has 1 aromatic carbocycles. The van der Waals surface area contributed by atoms with E-state index in [1.807, 2.05) is 12.1 Å². The third-order valence-electron chi connectivity index (χ3n) is 5.34. The number of nitrogens with one attached hydrogen (secondary N) is 1. The van der Waals surface area contributed by atoms with Crippen LogP contribution in [0.3, 0.4) is 0 Å². The van der Waals surface area contributed by atoms with Crippen molar-refractivity contribution in [2.24, 2.45) is 0 Å². The summed E-state index contributed by atoms with van der Waals surface area (Å²) in [7, 11) is 0. The third-order valence-corrected chi connectivity index (χ3v) is 5.87. The Hall–Kier alpha value is -1.88. The largest absolute Gasteiger partial charge is 0.444 e. The maximum atomic E-state index is 13.2. The molecule has 0 atom stereocenters. The van der Waals surface area contributed by atoms with E-state index >= 15 is 0 Å². The zero-order chi connectivity index (χ0) is 18.1. The average Bonchev–Trinajstić information content (AvgIpc) is 3.02. The number of halogens is 1. The van der Waals surface area contributed by atoms with Gasteiger partial charge in [0.05, 0.1) is 11.1 Å². The minimum atomic E-state index is -0.143. The highest BCUT2D eigenvalue weighted by Crippen LogP contribution is 2.36. The van der Waals surface area contributed by atoms with Gasteiger partial charge in [-0.25, -0.2) is 0 Å². The van der Waals surface area contributed by atoms with Gasteiger partial charge < -0.3 is 9.73 Å². The van der Waals surface area contributed by atoms with Gasteiger partial charge in [-0.15, -0.1) is 0 Å². The standard InChI is InChI=1S/C21H22BrNO3/c22-14-11-9-13(10-12-14)20(25)19-18-16(24)7-4-8-17(18)26-21(19)23-15-5-2-1-3-6-15/h9-12,15,23H,1-8H2. The van der Waals surface area contributed by atoms with E-state index in [4.69, 9.17) is 4.42 Å². The summed E-state index contributed by atoms with van der Waals surface area (Å²) in [4.78, 5) is 25.8. The van der Waals surface area contributed by atoms with Crippen molar-refractivity contribution in [2.75, 3.05) is 5.32 Å². The molecule has 1 N–H and O–H groups in total. The summed E-state index contributed by atoms with van der Waals surface area (Å²) in [5.41, 5.74) is 1.50. The van der Waals surface area contributed by atoms with Crippen LogP contribution in [0.5, 0.6) is 0 Å². The van der Waals surface area contributed by atoms with Crippen LogP contribution in [0.4, 0.5) is 5.88 Å². The first-order chi connectivity index (χ1) is 12.6. The van der Waals surface area contributed by atoms with Crippen LogP contribution in [0.15, 0.2) is 33.2 Å². The van der Waals surface area contributed by atoms with Crippen LogP contribution in [0.2, 0.25) is 0 Å². The van der Waals surface area contributed by atoms with Crippen molar-refractivity contribution in [1.29, 1.82) is 0 Å². The Morgan fingerprint density at radius 3 is 2.50 bits per heavy atom. The Balaban J connectivity index is 1.74. The lowest BCUT2D eigenvalue weighted by atomic mass is 9.90. The first-order valence-electron chi connectivity index (χ1n) is 9.39. The van der Waals surface area contributed by atoms with Gasteiger partial charge in [0.15, 0.2) is 11.6 Å². The van der Waals surface area contributed by atoms with Crippen molar-refractivity contribution in [3.05, 3.63) is 51.2 Å². The lowest BCUT2D eigenvalue weighted by Gasteiger charge is -2.23. The maximum Gasteiger partial charge on any atom is 0.205 e. The average molecular weight is 416 g/mol. The van der Waals surface area contributed by atoms with Crippen LogP contribution in [-0.4, -0.2) is 17.6 Å². The molecule has 1 saturated carbocycles. The molecular formula is C21H22BrNO3. The van der Waals surface area contributed by atoms with Crippen LogP contribution in [0, 0.1) is 0 Å². The van der Waals surface area contributed by atoms with E-state index in [1.165, 1.54) is 19.3 Å². The Labute approximate surface area is 161 Å². The topological polar surface area (TPSA) is 59.3 Å². The summed E-state index contributed by atoms with van der Waals surface area (Å²) >= 11 is 3.40. The van der Waals surface area contributed by atoms with E-state index < -0.39 is 0 Å². The van der Waals surface area contributed by atoms with Crippen molar-refractivity contribution in [3.8, 4) is 0 Å². The van der Waals surface area contributed by atoms with Crippen LogP contribution >= 0.6 is 15.9 Å². The number of Topliss-reactive ketones (excluding diaryl/α,β-unsaturated/α-hetero) is 1. The van der Waals surface area contributed by atoms with Crippen molar-refractivity contribution >= 4 is 33.4 Å². The summed E-state index contributed by atoms with van der Waals surface area (Å²) in [6, 6.07) is 7.56. The minimum absolute atomic E-state index is 0.0205. The van der Waals surface area contributed by atoms with E-state index in [2.05, 4.69) is 21.2 Å². The van der Waals surface area contributed by atoms with E-state index in [1.54, 1.807) is 12.1 Å². The Bertz CT molecular complexity index is 832. The number of aryl methyl sites for hydroxylation is 1. The van der Waals surface area contributed by atoms with Crippen molar-refractivity contribution in [1.82, 2.24) is 0 Å². The summed E-state index contributed by atoms with van der Waals surface area (Å²) in [6.07, 6.45) is 7.77. The van der Waals surface area contributed by atoms with Crippen molar-refractivity contribution in [2.45, 2.75) is 57.4 Å². The number of carbonyl (C=O) groups is 2. The normalized spacial score (nSPS) is 17.8. The fraction of sp³-hybridized carbons (Fsp3) is 0.429. The van der Waals surface area contributed by atoms with Crippen LogP contribution in [0.1, 0.15) is 77.0 Å². The molecule has 0 amide bonds. The van der Waals surface area contributed by atoms with Gasteiger partial charge in [0, 0.05) is 28.9 Å². The number of carbonyl (C=O) groups excluding carboxylic acids is 2. The molecular weight excluding hydrogens is 394 g/mol. The smallest absolute Gasteiger partial charge is 0.205 e. The van der Waals surface area contributed by atoms with Gasteiger partial charge in [0.1, 0.15) is 5.76 Å². The summed E-state index contributed by atoms with van der Waals surface area (Å²) in [6.45, 7) is 0. The first-order valence-corrected chi connectivity index (χ1v) is 10.2. The van der Waals surface area contributed by atoms with Gasteiger partial charge in [-0.05, 0) is 43.5 Å². The van der Waals surface area contributed by atoms with Gasteiger partial charge in [0.25, 0.3) is 0 Å². The van der Waals surface area contributed by atoms with Crippen LogP contribution < -0.4 is 5.32 Å². The lowest BCUT2D eigenvalue weighted by Crippen LogP contribution is -2.23. The van der Waals surface area contributed by atoms with Crippen molar-refractivity contribution < 1.29 is 14.0 Å². The number of ketones is 2. The number of hydrogen-bond acceptors (Lipinski definition) is 4. The van der Waals surface area contributed by atoms with Gasteiger partial charge in [-0.2, -0.15) is 0 Å². The van der Waals surface area contributed by atoms with E-state index in [-0.39, 0.29) is 11.6 Å². The summed E-state index contributed by atoms with van der Waals surface area (Å²) < 4.78 is 6.93. The Morgan fingerprint density at radius 2 is 1.77 bits per heavy atom. The molecule has 1 heterocycles. The van der Waals surface area contributed by atoms with Gasteiger partial charge in [-0.1, -0.05) is 35.2 Å². The lowest BCUT2D eigenvalue weighted by molar-refractivity contribution is 0.0957. The molecule has 136 valence electrons. The molecule has 4 nitrogen and oxygen atoms in total. The molecule has 2 aromatic rings. The molecule has 0 spiro atoms. The van der Waals surface area contributed by atoms with Crippen LogP contribution in [-0.2, 0) is 6.42 Å². The monoisotopic (exact) mass is 415 g/mol. The molecule has 2 aliphatic rings. The van der Waals surface area contributed by atoms with Gasteiger partial charge >= 0.3 is 0 Å². The highest BCUT2D eigenvalue weighted by molar-refractivity contribution is 9.10. The predicted octanol–water partition coefficient (Wildman–Crippen LogP) is 5.54. The zero-order valence-electron chi connectivity index (χ0n) is 14.6. The second-order valence-corrected chi connectivity index (χ2v) is 8.11. The molecule has 4 rings (SSSR count). The summed E-state index contributed by atoms with van der Waals surface area (Å²) in [5, 5.41) is 3.44. The fourth-order valence-corrected chi connectivity index (χ4v) is 4.24. The minimum Gasteiger partial charge on any atom is -0.444 e. The number of furan rings is 1. The molecule has 0 saturated heterocycles. The molecule has 0 unspecified atom stereocenters.